The maximum atomic E-state index is 13.7. The van der Waals surface area contributed by atoms with Crippen LogP contribution in [0, 0.1) is 27.7 Å². The quantitative estimate of drug-likeness (QED) is 0.422. The number of piperazine rings is 1. The molecule has 4 rings (SSSR count). The number of aryl methyl sites for hydroxylation is 2. The van der Waals surface area contributed by atoms with Gasteiger partial charge in [-0.2, -0.15) is 4.31 Å². The van der Waals surface area contributed by atoms with E-state index in [2.05, 4.69) is 21.2 Å². The average molecular weight is 613 g/mol. The Morgan fingerprint density at radius 3 is 2.00 bits per heavy atom. The van der Waals surface area contributed by atoms with E-state index in [0.29, 0.717) is 10.5 Å². The summed E-state index contributed by atoms with van der Waals surface area (Å²) in [4.78, 5) is 28.6. The molecule has 1 unspecified atom stereocenters. The van der Waals surface area contributed by atoms with Crippen molar-refractivity contribution in [1.82, 2.24) is 14.5 Å². The fourth-order valence-corrected chi connectivity index (χ4v) is 7.22. The Morgan fingerprint density at radius 2 is 1.44 bits per heavy atom. The lowest BCUT2D eigenvalue weighted by Crippen LogP contribution is -2.53. The average Bonchev–Trinajstić information content (AvgIpc) is 2.92. The van der Waals surface area contributed by atoms with Gasteiger partial charge in [-0.3, -0.25) is 9.59 Å². The van der Waals surface area contributed by atoms with Crippen molar-refractivity contribution in [1.29, 1.82) is 0 Å². The van der Waals surface area contributed by atoms with Gasteiger partial charge in [0.25, 0.3) is 0 Å². The predicted molar refractivity (Wildman–Crippen MR) is 156 cm³/mol. The van der Waals surface area contributed by atoms with Crippen LogP contribution in [-0.4, -0.2) is 55.6 Å². The van der Waals surface area contributed by atoms with E-state index in [4.69, 9.17) is 0 Å². The van der Waals surface area contributed by atoms with Crippen LogP contribution in [0.5, 0.6) is 0 Å². The molecule has 0 spiro atoms. The molecule has 0 saturated carbocycles. The maximum absolute atomic E-state index is 13.7. The minimum Gasteiger partial charge on any atom is -0.340 e. The third-order valence-corrected chi connectivity index (χ3v) is 10.1. The third kappa shape index (κ3) is 6.42. The predicted octanol–water partition coefficient (Wildman–Crippen LogP) is 4.62. The summed E-state index contributed by atoms with van der Waals surface area (Å²) in [7, 11) is -3.72. The van der Waals surface area contributed by atoms with Crippen molar-refractivity contribution in [3.8, 4) is 0 Å². The Balaban J connectivity index is 1.50. The summed E-state index contributed by atoms with van der Waals surface area (Å²) < 4.78 is 29.7. The van der Waals surface area contributed by atoms with Gasteiger partial charge in [0, 0.05) is 30.7 Å². The van der Waals surface area contributed by atoms with Gasteiger partial charge in [-0.25, -0.2) is 8.42 Å². The lowest BCUT2D eigenvalue weighted by Gasteiger charge is -2.36. The summed E-state index contributed by atoms with van der Waals surface area (Å²) in [6.07, 6.45) is 0.143. The van der Waals surface area contributed by atoms with Crippen LogP contribution in [0.15, 0.2) is 70.0 Å². The second kappa shape index (κ2) is 12.0. The third-order valence-electron chi connectivity index (χ3n) is 7.41. The summed E-state index contributed by atoms with van der Waals surface area (Å²) in [5.74, 6) is -0.511. The Morgan fingerprint density at radius 1 is 0.872 bits per heavy atom. The zero-order valence-corrected chi connectivity index (χ0v) is 25.1. The number of hydrogen-bond donors (Lipinski definition) is 1. The van der Waals surface area contributed by atoms with Crippen LogP contribution in [-0.2, 0) is 26.0 Å². The maximum Gasteiger partial charge on any atom is 0.249 e. The minimum absolute atomic E-state index is 0.143. The van der Waals surface area contributed by atoms with Crippen LogP contribution in [0.1, 0.15) is 39.4 Å². The topological polar surface area (TPSA) is 86.8 Å². The van der Waals surface area contributed by atoms with Crippen LogP contribution in [0.2, 0.25) is 0 Å². The van der Waals surface area contributed by atoms with Crippen LogP contribution in [0.4, 0.5) is 0 Å². The first kappa shape index (κ1) is 29.0. The van der Waals surface area contributed by atoms with Gasteiger partial charge in [0.15, 0.2) is 0 Å². The fraction of sp³-hybridized carbons (Fsp3) is 0.333. The molecule has 39 heavy (non-hydrogen) atoms. The lowest BCUT2D eigenvalue weighted by molar-refractivity contribution is -0.137. The monoisotopic (exact) mass is 611 g/mol. The highest BCUT2D eigenvalue weighted by atomic mass is 79.9. The number of nitrogens with zero attached hydrogens (tertiary/aromatic N) is 2. The molecule has 0 radical (unpaired) electrons. The van der Waals surface area contributed by atoms with Gasteiger partial charge >= 0.3 is 0 Å². The second-order valence-corrected chi connectivity index (χ2v) is 12.8. The molecule has 3 aromatic carbocycles. The van der Waals surface area contributed by atoms with Gasteiger partial charge in [0.05, 0.1) is 11.3 Å². The van der Waals surface area contributed by atoms with Crippen LogP contribution in [0.3, 0.4) is 0 Å². The number of amides is 2. The summed E-state index contributed by atoms with van der Waals surface area (Å²) in [5, 5.41) is 2.91. The molecule has 1 fully saturated rings. The highest BCUT2D eigenvalue weighted by molar-refractivity contribution is 9.10. The van der Waals surface area contributed by atoms with Crippen molar-refractivity contribution in [2.45, 2.75) is 45.1 Å². The number of hydrogen-bond acceptors (Lipinski definition) is 4. The first-order valence-corrected chi connectivity index (χ1v) is 15.2. The van der Waals surface area contributed by atoms with Gasteiger partial charge in [0.2, 0.25) is 21.8 Å². The number of carbonyl (C=O) groups excluding carboxylic acids is 2. The zero-order valence-electron chi connectivity index (χ0n) is 22.7. The van der Waals surface area contributed by atoms with Gasteiger partial charge in [-0.15, -0.1) is 0 Å². The van der Waals surface area contributed by atoms with E-state index >= 15 is 0 Å². The molecule has 2 amide bonds. The first-order valence-electron chi connectivity index (χ1n) is 12.9. The van der Waals surface area contributed by atoms with Crippen LogP contribution in [0.25, 0.3) is 0 Å². The van der Waals surface area contributed by atoms with Crippen molar-refractivity contribution >= 4 is 37.8 Å². The summed E-state index contributed by atoms with van der Waals surface area (Å²) in [5.41, 5.74) is 4.92. The second-order valence-electron chi connectivity index (χ2n) is 10.0. The van der Waals surface area contributed by atoms with E-state index in [1.165, 1.54) is 4.31 Å². The van der Waals surface area contributed by atoms with Crippen molar-refractivity contribution in [3.63, 3.8) is 0 Å². The van der Waals surface area contributed by atoms with Crippen molar-refractivity contribution < 1.29 is 18.0 Å². The normalized spacial score (nSPS) is 15.2. The van der Waals surface area contributed by atoms with Gasteiger partial charge in [-0.05, 0) is 73.2 Å². The number of rotatable bonds is 7. The molecule has 1 aliphatic heterocycles. The number of benzene rings is 3. The van der Waals surface area contributed by atoms with E-state index in [1.54, 1.807) is 4.90 Å². The molecule has 206 valence electrons. The summed E-state index contributed by atoms with van der Waals surface area (Å²) in [6, 6.07) is 17.8. The van der Waals surface area contributed by atoms with Crippen molar-refractivity contribution in [3.05, 3.63) is 98.5 Å². The Hall–Kier alpha value is -3.01. The van der Waals surface area contributed by atoms with E-state index in [9.17, 15) is 18.0 Å². The minimum atomic E-state index is -3.72. The molecular weight excluding hydrogens is 578 g/mol. The number of nitrogens with one attached hydrogen (secondary N) is 1. The Kier molecular flexibility index (Phi) is 8.93. The SMILES string of the molecule is Cc1cc(C)c(C)c(S(=O)(=O)N2CCN(C(=O)C(NC(=O)Cc3ccc(Br)cc3)c3ccccc3)CC2)c1C. The van der Waals surface area contributed by atoms with E-state index in [0.717, 1.165) is 32.3 Å². The zero-order chi connectivity index (χ0) is 28.3. The van der Waals surface area contributed by atoms with E-state index < -0.39 is 16.1 Å². The molecule has 1 aliphatic rings. The molecule has 7 nitrogen and oxygen atoms in total. The molecule has 1 atom stereocenters. The smallest absolute Gasteiger partial charge is 0.249 e. The summed E-state index contributed by atoms with van der Waals surface area (Å²) in [6.45, 7) is 8.40. The first-order chi connectivity index (χ1) is 18.5. The van der Waals surface area contributed by atoms with Gasteiger partial charge in [-0.1, -0.05) is 64.5 Å². The van der Waals surface area contributed by atoms with Crippen molar-refractivity contribution in [2.75, 3.05) is 26.2 Å². The van der Waals surface area contributed by atoms with Crippen molar-refractivity contribution in [2.24, 2.45) is 0 Å². The number of halogens is 1. The van der Waals surface area contributed by atoms with Crippen LogP contribution < -0.4 is 5.32 Å². The van der Waals surface area contributed by atoms with Gasteiger partial charge in [0.1, 0.15) is 6.04 Å². The van der Waals surface area contributed by atoms with Crippen LogP contribution >= 0.6 is 15.9 Å². The molecule has 0 aliphatic carbocycles. The Labute approximate surface area is 239 Å². The van der Waals surface area contributed by atoms with E-state index in [-0.39, 0.29) is 44.4 Å². The summed E-state index contributed by atoms with van der Waals surface area (Å²) >= 11 is 3.40. The number of carbonyl (C=O) groups is 2. The molecular formula is C30H34BrN3O4S. The highest BCUT2D eigenvalue weighted by Gasteiger charge is 2.35. The molecule has 9 heteroatoms. The van der Waals surface area contributed by atoms with E-state index in [1.807, 2.05) is 88.4 Å². The molecule has 1 saturated heterocycles. The standard InChI is InChI=1S/C30H34BrN3O4S/c1-20-18-21(2)23(4)29(22(20)3)39(37,38)34-16-14-33(15-17-34)30(36)28(25-8-6-5-7-9-25)32-27(35)19-24-10-12-26(31)13-11-24/h5-13,18,28H,14-17,19H2,1-4H3,(H,32,35). The number of sulfonamides is 1. The van der Waals surface area contributed by atoms with Gasteiger partial charge < -0.3 is 10.2 Å². The molecule has 1 heterocycles. The fourth-order valence-electron chi connectivity index (χ4n) is 4.96. The Bertz CT molecular complexity index is 1440. The molecule has 0 aromatic heterocycles. The lowest BCUT2D eigenvalue weighted by atomic mass is 10.0. The largest absolute Gasteiger partial charge is 0.340 e. The molecule has 0 bridgehead atoms. The molecule has 3 aromatic rings. The highest BCUT2D eigenvalue weighted by Crippen LogP contribution is 2.29. The molecule has 1 N–H and O–H groups in total.